The van der Waals surface area contributed by atoms with Gasteiger partial charge in [0.25, 0.3) is 0 Å². The Labute approximate surface area is 107 Å². The molecule has 0 amide bonds. The topological polar surface area (TPSA) is 29.4 Å². The minimum absolute atomic E-state index is 0.168. The Balaban J connectivity index is 4.51. The minimum Gasteiger partial charge on any atom is -0.300 e. The minimum atomic E-state index is 0.168. The number of hydrogen-bond acceptors (Lipinski definition) is 2. The molecule has 0 bridgehead atoms. The molecule has 17 heavy (non-hydrogen) atoms. The van der Waals surface area contributed by atoms with Crippen LogP contribution in [0.4, 0.5) is 0 Å². The van der Waals surface area contributed by atoms with E-state index >= 15 is 0 Å². The largest absolute Gasteiger partial charge is 0.300 e. The van der Waals surface area contributed by atoms with E-state index in [1.165, 1.54) is 0 Å². The van der Waals surface area contributed by atoms with Crippen molar-refractivity contribution in [1.29, 1.82) is 0 Å². The van der Waals surface area contributed by atoms with Gasteiger partial charge in [-0.05, 0) is 44.2 Å². The van der Waals surface area contributed by atoms with E-state index in [0.29, 0.717) is 23.5 Å². The Morgan fingerprint density at radius 2 is 1.65 bits per heavy atom. The average molecular weight is 239 g/mol. The van der Waals surface area contributed by atoms with Gasteiger partial charge >= 0.3 is 0 Å². The van der Waals surface area contributed by atoms with E-state index in [9.17, 15) is 4.79 Å². The monoisotopic (exact) mass is 239 g/mol. The van der Waals surface area contributed by atoms with Crippen LogP contribution in [0.1, 0.15) is 54.4 Å². The number of carbonyl (C=O) groups is 1. The summed E-state index contributed by atoms with van der Waals surface area (Å²) in [4.78, 5) is 15.8. The van der Waals surface area contributed by atoms with Gasteiger partial charge in [-0.3, -0.25) is 9.79 Å². The lowest BCUT2D eigenvalue weighted by molar-refractivity contribution is -0.122. The molecule has 0 aliphatic carbocycles. The summed E-state index contributed by atoms with van der Waals surface area (Å²) in [5, 5.41) is 0. The predicted molar refractivity (Wildman–Crippen MR) is 75.6 cm³/mol. The van der Waals surface area contributed by atoms with Crippen molar-refractivity contribution in [3.05, 3.63) is 0 Å². The van der Waals surface area contributed by atoms with Gasteiger partial charge in [0.15, 0.2) is 0 Å². The van der Waals surface area contributed by atoms with Crippen molar-refractivity contribution in [2.75, 3.05) is 0 Å². The molecule has 0 saturated carbocycles. The Hall–Kier alpha value is -0.660. The van der Waals surface area contributed by atoms with Crippen LogP contribution in [0.2, 0.25) is 0 Å². The van der Waals surface area contributed by atoms with Crippen LogP contribution < -0.4 is 0 Å². The number of aliphatic imine (C=N–C) groups is 1. The summed E-state index contributed by atoms with van der Waals surface area (Å²) in [6, 6.07) is 0.288. The number of rotatable bonds is 8. The molecule has 2 nitrogen and oxygen atoms in total. The highest BCUT2D eigenvalue weighted by molar-refractivity contribution is 5.78. The van der Waals surface area contributed by atoms with Gasteiger partial charge in [0.1, 0.15) is 5.78 Å². The van der Waals surface area contributed by atoms with Gasteiger partial charge < -0.3 is 0 Å². The van der Waals surface area contributed by atoms with Crippen molar-refractivity contribution < 1.29 is 4.79 Å². The Bertz CT molecular complexity index is 245. The lowest BCUT2D eigenvalue weighted by atomic mass is 9.80. The second kappa shape index (κ2) is 7.62. The smallest absolute Gasteiger partial charge is 0.133 e. The first-order chi connectivity index (χ1) is 7.79. The van der Waals surface area contributed by atoms with E-state index < -0.39 is 0 Å². The van der Waals surface area contributed by atoms with Crippen molar-refractivity contribution >= 4 is 12.5 Å². The van der Waals surface area contributed by atoms with Crippen LogP contribution >= 0.6 is 0 Å². The first-order valence-corrected chi connectivity index (χ1v) is 6.75. The van der Waals surface area contributed by atoms with Gasteiger partial charge in [-0.25, -0.2) is 0 Å². The van der Waals surface area contributed by atoms with E-state index in [1.54, 1.807) is 6.92 Å². The number of carbonyl (C=O) groups excluding carboxylic acids is 1. The van der Waals surface area contributed by atoms with Gasteiger partial charge in [-0.2, -0.15) is 0 Å². The Morgan fingerprint density at radius 3 is 1.94 bits per heavy atom. The molecule has 100 valence electrons. The van der Waals surface area contributed by atoms with E-state index in [2.05, 4.69) is 46.3 Å². The van der Waals surface area contributed by atoms with Crippen molar-refractivity contribution in [1.82, 2.24) is 0 Å². The van der Waals surface area contributed by atoms with E-state index in [4.69, 9.17) is 0 Å². The van der Waals surface area contributed by atoms with E-state index in [-0.39, 0.29) is 12.0 Å². The molecule has 0 aliphatic heterocycles. The summed E-state index contributed by atoms with van der Waals surface area (Å²) in [7, 11) is 0. The number of hydrogen-bond donors (Lipinski definition) is 0. The van der Waals surface area contributed by atoms with Crippen molar-refractivity contribution in [3.8, 4) is 0 Å². The lowest BCUT2D eigenvalue weighted by Gasteiger charge is -2.27. The zero-order valence-electron chi connectivity index (χ0n) is 12.4. The highest BCUT2D eigenvalue weighted by atomic mass is 16.1. The molecule has 0 heterocycles. The molecule has 2 unspecified atom stereocenters. The maximum atomic E-state index is 11.6. The van der Waals surface area contributed by atoms with Gasteiger partial charge in [-0.1, -0.05) is 34.6 Å². The molecule has 0 aromatic heterocycles. The first-order valence-electron chi connectivity index (χ1n) is 6.75. The highest BCUT2D eigenvalue weighted by Gasteiger charge is 2.25. The summed E-state index contributed by atoms with van der Waals surface area (Å²) in [5.41, 5.74) is 0. The van der Waals surface area contributed by atoms with Crippen LogP contribution in [0.15, 0.2) is 4.99 Å². The summed E-state index contributed by atoms with van der Waals surface area (Å²) in [5.74, 6) is 1.95. The van der Waals surface area contributed by atoms with Crippen LogP contribution in [-0.2, 0) is 4.79 Å². The predicted octanol–water partition coefficient (Wildman–Crippen LogP) is 3.99. The number of nitrogens with zero attached hydrogens (tertiary/aromatic N) is 1. The summed E-state index contributed by atoms with van der Waals surface area (Å²) in [6.45, 7) is 16.2. The summed E-state index contributed by atoms with van der Waals surface area (Å²) < 4.78 is 0. The maximum Gasteiger partial charge on any atom is 0.133 e. The quantitative estimate of drug-likeness (QED) is 0.589. The number of ketones is 1. The molecule has 3 atom stereocenters. The zero-order valence-corrected chi connectivity index (χ0v) is 12.4. The van der Waals surface area contributed by atoms with Crippen LogP contribution in [-0.4, -0.2) is 18.5 Å². The van der Waals surface area contributed by atoms with Crippen LogP contribution in [0.5, 0.6) is 0 Å². The third-order valence-electron chi connectivity index (χ3n) is 3.56. The summed E-state index contributed by atoms with van der Waals surface area (Å²) >= 11 is 0. The lowest BCUT2D eigenvalue weighted by Crippen LogP contribution is -2.26. The van der Waals surface area contributed by atoms with E-state index in [1.807, 2.05) is 0 Å². The molecular formula is C15H29NO. The SMILES string of the molecule is C=N[C@@H](CC(C)C)C(C)CC(C(C)=O)C(C)C. The van der Waals surface area contributed by atoms with Crippen LogP contribution in [0.25, 0.3) is 0 Å². The first kappa shape index (κ1) is 16.3. The Kier molecular flexibility index (Phi) is 7.33. The Morgan fingerprint density at radius 1 is 1.12 bits per heavy atom. The molecule has 0 spiro atoms. The number of Topliss-reactive ketones (excluding diaryl/α,β-unsaturated/α-hetero) is 1. The second-order valence-electron chi connectivity index (χ2n) is 6.05. The van der Waals surface area contributed by atoms with Crippen molar-refractivity contribution in [2.24, 2.45) is 28.7 Å². The van der Waals surface area contributed by atoms with Gasteiger partial charge in [0.05, 0.1) is 6.04 Å². The van der Waals surface area contributed by atoms with Gasteiger partial charge in [0.2, 0.25) is 0 Å². The standard InChI is InChI=1S/C15H29NO/c1-10(2)8-15(16-7)12(5)9-14(11(3)4)13(6)17/h10-12,14-15H,7-9H2,1-6H3/t12?,14?,15-/m0/s1. The van der Waals surface area contributed by atoms with Gasteiger partial charge in [-0.15, -0.1) is 0 Å². The molecule has 0 saturated heterocycles. The zero-order chi connectivity index (χ0) is 13.6. The molecule has 0 rings (SSSR count). The third-order valence-corrected chi connectivity index (χ3v) is 3.56. The fourth-order valence-corrected chi connectivity index (χ4v) is 2.43. The maximum absolute atomic E-state index is 11.6. The molecular weight excluding hydrogens is 210 g/mol. The molecule has 0 aliphatic rings. The molecule has 0 aromatic carbocycles. The summed E-state index contributed by atoms with van der Waals surface area (Å²) in [6.07, 6.45) is 2.00. The van der Waals surface area contributed by atoms with Crippen molar-refractivity contribution in [3.63, 3.8) is 0 Å². The average Bonchev–Trinajstić information content (AvgIpc) is 2.20. The molecule has 2 heteroatoms. The molecule has 0 N–H and O–H groups in total. The molecule has 0 aromatic rings. The van der Waals surface area contributed by atoms with Crippen LogP contribution in [0.3, 0.4) is 0 Å². The van der Waals surface area contributed by atoms with Crippen LogP contribution in [0, 0.1) is 23.7 Å². The fourth-order valence-electron chi connectivity index (χ4n) is 2.43. The molecule has 0 radical (unpaired) electrons. The van der Waals surface area contributed by atoms with E-state index in [0.717, 1.165) is 12.8 Å². The van der Waals surface area contributed by atoms with Gasteiger partial charge in [0, 0.05) is 5.92 Å². The normalized spacial score (nSPS) is 16.9. The third kappa shape index (κ3) is 5.99. The fraction of sp³-hybridized carbons (Fsp3) is 0.867. The second-order valence-corrected chi connectivity index (χ2v) is 6.05. The highest BCUT2D eigenvalue weighted by Crippen LogP contribution is 2.27. The molecule has 0 fully saturated rings. The van der Waals surface area contributed by atoms with Crippen molar-refractivity contribution in [2.45, 2.75) is 60.4 Å².